The zero-order chi connectivity index (χ0) is 21.8. The first-order valence-corrected chi connectivity index (χ1v) is 11.7. The number of urea groups is 1. The van der Waals surface area contributed by atoms with E-state index in [1.807, 2.05) is 35.2 Å². The zero-order valence-electron chi connectivity index (χ0n) is 18.4. The molecule has 0 unspecified atom stereocenters. The lowest BCUT2D eigenvalue weighted by Crippen LogP contribution is -2.44. The van der Waals surface area contributed by atoms with Crippen LogP contribution in [0.5, 0.6) is 0 Å². The Morgan fingerprint density at radius 3 is 2.68 bits per heavy atom. The molecule has 0 bridgehead atoms. The fourth-order valence-electron chi connectivity index (χ4n) is 4.95. The molecule has 1 saturated heterocycles. The molecule has 0 aromatic heterocycles. The Kier molecular flexibility index (Phi) is 6.78. The van der Waals surface area contributed by atoms with Gasteiger partial charge in [0, 0.05) is 38.1 Å². The molecule has 2 aliphatic carbocycles. The summed E-state index contributed by atoms with van der Waals surface area (Å²) < 4.78 is 0. The molecule has 2 saturated carbocycles. The summed E-state index contributed by atoms with van der Waals surface area (Å²) >= 11 is 0. The maximum atomic E-state index is 13.2. The van der Waals surface area contributed by atoms with Crippen LogP contribution < -0.4 is 10.6 Å². The van der Waals surface area contributed by atoms with Gasteiger partial charge in [-0.2, -0.15) is 0 Å². The molecule has 4 rings (SSSR count). The quantitative estimate of drug-likeness (QED) is 0.702. The number of nitrogens with one attached hydrogen (secondary N) is 2. The molecule has 3 atom stereocenters. The van der Waals surface area contributed by atoms with Gasteiger partial charge in [0.05, 0.1) is 0 Å². The Bertz CT molecular complexity index is 795. The zero-order valence-corrected chi connectivity index (χ0v) is 18.4. The molecule has 1 aromatic carbocycles. The summed E-state index contributed by atoms with van der Waals surface area (Å²) in [5.41, 5.74) is 1.02. The van der Waals surface area contributed by atoms with E-state index in [-0.39, 0.29) is 42.3 Å². The van der Waals surface area contributed by atoms with Crippen molar-refractivity contribution in [3.05, 3.63) is 35.9 Å². The largest absolute Gasteiger partial charge is 0.351 e. The molecule has 1 aliphatic heterocycles. The fourth-order valence-corrected chi connectivity index (χ4v) is 4.95. The molecule has 31 heavy (non-hydrogen) atoms. The van der Waals surface area contributed by atoms with Gasteiger partial charge in [-0.25, -0.2) is 4.79 Å². The van der Waals surface area contributed by atoms with Gasteiger partial charge in [0.1, 0.15) is 6.54 Å². The highest BCUT2D eigenvalue weighted by Crippen LogP contribution is 2.36. The summed E-state index contributed by atoms with van der Waals surface area (Å²) in [6.45, 7) is 4.79. The summed E-state index contributed by atoms with van der Waals surface area (Å²) in [6, 6.07) is 9.48. The van der Waals surface area contributed by atoms with E-state index >= 15 is 0 Å². The van der Waals surface area contributed by atoms with Gasteiger partial charge in [0.25, 0.3) is 0 Å². The molecule has 7 heteroatoms. The minimum atomic E-state index is -0.226. The van der Waals surface area contributed by atoms with Crippen molar-refractivity contribution in [1.82, 2.24) is 20.4 Å². The Balaban J connectivity index is 1.36. The average Bonchev–Trinajstić information content (AvgIpc) is 3.53. The molecule has 1 heterocycles. The normalized spacial score (nSPS) is 25.4. The maximum absolute atomic E-state index is 13.2. The van der Waals surface area contributed by atoms with Crippen LogP contribution in [0.3, 0.4) is 0 Å². The van der Waals surface area contributed by atoms with Gasteiger partial charge in [-0.1, -0.05) is 37.3 Å². The standard InChI is InChI=1S/C24H34N4O3/c1-2-10-27(14-18-8-9-18)23(30)19-11-20-15-28(16-22(29)26-21(20)12-19)24(31)25-13-17-6-4-3-5-7-17/h3-7,18-21H,2,8-16H2,1H3,(H,25,31)(H,26,29)/t19-,20+,21+/m0/s1. The average molecular weight is 427 g/mol. The van der Waals surface area contributed by atoms with Gasteiger partial charge in [-0.15, -0.1) is 0 Å². The molecule has 168 valence electrons. The van der Waals surface area contributed by atoms with Crippen molar-refractivity contribution < 1.29 is 14.4 Å². The number of hydrogen-bond donors (Lipinski definition) is 2. The summed E-state index contributed by atoms with van der Waals surface area (Å²) in [5.74, 6) is 0.820. The van der Waals surface area contributed by atoms with Gasteiger partial charge in [0.2, 0.25) is 11.8 Å². The predicted octanol–water partition coefficient (Wildman–Crippen LogP) is 2.37. The van der Waals surface area contributed by atoms with Crippen LogP contribution in [0.25, 0.3) is 0 Å². The van der Waals surface area contributed by atoms with Gasteiger partial charge in [-0.3, -0.25) is 9.59 Å². The third-order valence-corrected chi connectivity index (χ3v) is 6.73. The first kappa shape index (κ1) is 21.7. The van der Waals surface area contributed by atoms with E-state index in [2.05, 4.69) is 17.6 Å². The summed E-state index contributed by atoms with van der Waals surface area (Å²) in [4.78, 5) is 42.1. The van der Waals surface area contributed by atoms with Crippen LogP contribution in [0.2, 0.25) is 0 Å². The Morgan fingerprint density at radius 2 is 1.97 bits per heavy atom. The Morgan fingerprint density at radius 1 is 1.19 bits per heavy atom. The van der Waals surface area contributed by atoms with Gasteiger partial charge < -0.3 is 20.4 Å². The Hall–Kier alpha value is -2.57. The highest BCUT2D eigenvalue weighted by Gasteiger charge is 2.43. The summed E-state index contributed by atoms with van der Waals surface area (Å²) in [7, 11) is 0. The monoisotopic (exact) mass is 426 g/mol. The van der Waals surface area contributed by atoms with E-state index in [1.165, 1.54) is 12.8 Å². The van der Waals surface area contributed by atoms with Crippen LogP contribution in [-0.2, 0) is 16.1 Å². The number of nitrogens with zero attached hydrogens (tertiary/aromatic N) is 2. The smallest absolute Gasteiger partial charge is 0.318 e. The fraction of sp³-hybridized carbons (Fsp3) is 0.625. The lowest BCUT2D eigenvalue weighted by atomic mass is 10.0. The minimum absolute atomic E-state index is 0.0298. The SMILES string of the molecule is CCCN(CC1CC1)C(=O)[C@H]1C[C@@H]2CN(C(=O)NCc3ccccc3)CC(=O)N[C@@H]2C1. The molecule has 1 aromatic rings. The van der Waals surface area contributed by atoms with Gasteiger partial charge in [0.15, 0.2) is 0 Å². The lowest BCUT2D eigenvalue weighted by Gasteiger charge is -2.26. The first-order chi connectivity index (χ1) is 15.0. The van der Waals surface area contributed by atoms with E-state index in [9.17, 15) is 14.4 Å². The number of amides is 4. The third-order valence-electron chi connectivity index (χ3n) is 6.73. The molecular weight excluding hydrogens is 392 g/mol. The van der Waals surface area contributed by atoms with Crippen molar-refractivity contribution in [2.45, 2.75) is 51.6 Å². The van der Waals surface area contributed by atoms with Crippen molar-refractivity contribution in [3.63, 3.8) is 0 Å². The number of fused-ring (bicyclic) bond motifs is 1. The van der Waals surface area contributed by atoms with Crippen LogP contribution in [0, 0.1) is 17.8 Å². The van der Waals surface area contributed by atoms with Crippen molar-refractivity contribution in [1.29, 1.82) is 0 Å². The molecule has 2 N–H and O–H groups in total. The van der Waals surface area contributed by atoms with E-state index in [4.69, 9.17) is 0 Å². The molecule has 0 radical (unpaired) electrons. The molecule has 3 aliphatic rings. The van der Waals surface area contributed by atoms with Gasteiger partial charge in [-0.05, 0) is 49.5 Å². The highest BCUT2D eigenvalue weighted by atomic mass is 16.2. The maximum Gasteiger partial charge on any atom is 0.318 e. The Labute approximate surface area is 184 Å². The van der Waals surface area contributed by atoms with E-state index in [1.54, 1.807) is 4.90 Å². The van der Waals surface area contributed by atoms with Crippen LogP contribution in [0.4, 0.5) is 4.79 Å². The molecule has 0 spiro atoms. The van der Waals surface area contributed by atoms with E-state index in [0.29, 0.717) is 25.4 Å². The lowest BCUT2D eigenvalue weighted by molar-refractivity contribution is -0.136. The van der Waals surface area contributed by atoms with Crippen molar-refractivity contribution in [2.75, 3.05) is 26.2 Å². The van der Waals surface area contributed by atoms with Crippen LogP contribution in [-0.4, -0.2) is 59.9 Å². The van der Waals surface area contributed by atoms with E-state index in [0.717, 1.165) is 31.5 Å². The minimum Gasteiger partial charge on any atom is -0.351 e. The molecule has 4 amide bonds. The number of carbonyl (C=O) groups excluding carboxylic acids is 3. The molecule has 7 nitrogen and oxygen atoms in total. The second-order valence-corrected chi connectivity index (χ2v) is 9.35. The number of rotatable bonds is 7. The molecular formula is C24H34N4O3. The van der Waals surface area contributed by atoms with Crippen molar-refractivity contribution >= 4 is 17.8 Å². The van der Waals surface area contributed by atoms with Gasteiger partial charge >= 0.3 is 6.03 Å². The predicted molar refractivity (Wildman–Crippen MR) is 118 cm³/mol. The second kappa shape index (κ2) is 9.71. The van der Waals surface area contributed by atoms with Crippen LogP contribution in [0.1, 0.15) is 44.6 Å². The highest BCUT2D eigenvalue weighted by molar-refractivity contribution is 5.85. The number of carbonyl (C=O) groups is 3. The van der Waals surface area contributed by atoms with Crippen LogP contribution >= 0.6 is 0 Å². The molecule has 3 fully saturated rings. The van der Waals surface area contributed by atoms with E-state index < -0.39 is 0 Å². The van der Waals surface area contributed by atoms with Crippen LogP contribution in [0.15, 0.2) is 30.3 Å². The second-order valence-electron chi connectivity index (χ2n) is 9.35. The first-order valence-electron chi connectivity index (χ1n) is 11.7. The third kappa shape index (κ3) is 5.57. The topological polar surface area (TPSA) is 81.8 Å². The number of benzene rings is 1. The van der Waals surface area contributed by atoms with Crippen molar-refractivity contribution in [2.24, 2.45) is 17.8 Å². The summed E-state index contributed by atoms with van der Waals surface area (Å²) in [5, 5.41) is 6.00. The summed E-state index contributed by atoms with van der Waals surface area (Å²) in [6.07, 6.45) is 4.83. The van der Waals surface area contributed by atoms with Crippen molar-refractivity contribution in [3.8, 4) is 0 Å². The number of hydrogen-bond acceptors (Lipinski definition) is 3.